The lowest BCUT2D eigenvalue weighted by Crippen LogP contribution is -2.20. The van der Waals surface area contributed by atoms with Crippen LogP contribution in [0.3, 0.4) is 0 Å². The number of azide groups is 1. The molecule has 1 aromatic rings. The van der Waals surface area contributed by atoms with E-state index in [1.165, 1.54) is 7.11 Å². The van der Waals surface area contributed by atoms with Gasteiger partial charge in [0.15, 0.2) is 5.76 Å². The summed E-state index contributed by atoms with van der Waals surface area (Å²) in [5.74, 6) is 0.652. The first-order chi connectivity index (χ1) is 10.3. The van der Waals surface area contributed by atoms with Gasteiger partial charge < -0.3 is 14.2 Å². The van der Waals surface area contributed by atoms with E-state index in [9.17, 15) is 4.39 Å². The average Bonchev–Trinajstić information content (AvgIpc) is 2.56. The zero-order chi connectivity index (χ0) is 15.1. The molecule has 112 valence electrons. The van der Waals surface area contributed by atoms with Gasteiger partial charge in [0, 0.05) is 17.6 Å². The number of hydrogen-bond acceptors (Lipinski definition) is 4. The Balaban J connectivity index is 2.19. The van der Waals surface area contributed by atoms with Crippen molar-refractivity contribution < 1.29 is 18.6 Å². The third-order valence-electron chi connectivity index (χ3n) is 3.13. The molecule has 0 fully saturated rings. The highest BCUT2D eigenvalue weighted by Crippen LogP contribution is 2.26. The van der Waals surface area contributed by atoms with Crippen LogP contribution in [-0.4, -0.2) is 33.0 Å². The molecule has 0 aliphatic carbocycles. The fraction of sp³-hybridized carbons (Fsp3) is 0.429. The normalized spacial score (nSPS) is 16.8. The number of benzene rings is 1. The molecule has 0 spiro atoms. The summed E-state index contributed by atoms with van der Waals surface area (Å²) in [5.41, 5.74) is 10.1. The summed E-state index contributed by atoms with van der Waals surface area (Å²) >= 11 is 0. The Morgan fingerprint density at radius 2 is 2.14 bits per heavy atom. The highest BCUT2D eigenvalue weighted by molar-refractivity contribution is 5.59. The molecule has 21 heavy (non-hydrogen) atoms. The van der Waals surface area contributed by atoms with Crippen molar-refractivity contribution in [3.05, 3.63) is 52.1 Å². The summed E-state index contributed by atoms with van der Waals surface area (Å²) in [6.45, 7) is 0.263. The van der Waals surface area contributed by atoms with Gasteiger partial charge in [0.25, 0.3) is 0 Å². The van der Waals surface area contributed by atoms with Crippen LogP contribution in [0.15, 0.2) is 35.6 Å². The molecule has 1 aliphatic rings. The van der Waals surface area contributed by atoms with E-state index in [1.54, 1.807) is 18.4 Å². The fourth-order valence-corrected chi connectivity index (χ4v) is 2.11. The SMILES string of the molecule is CO[C@H](c1ccc(C2=COCCO2)cc1)[C@@H](CF)N=[N+]=[N-]. The summed E-state index contributed by atoms with van der Waals surface area (Å²) in [5, 5.41) is 3.43. The maximum atomic E-state index is 12.9. The molecule has 6 nitrogen and oxygen atoms in total. The number of ether oxygens (including phenoxy) is 3. The molecular formula is C14H16FN3O3. The minimum Gasteiger partial charge on any atom is -0.494 e. The number of halogens is 1. The highest BCUT2D eigenvalue weighted by Gasteiger charge is 2.22. The third-order valence-corrected chi connectivity index (χ3v) is 3.13. The maximum Gasteiger partial charge on any atom is 0.161 e. The Bertz CT molecular complexity index is 541. The summed E-state index contributed by atoms with van der Waals surface area (Å²) < 4.78 is 28.9. The van der Waals surface area contributed by atoms with Crippen LogP contribution >= 0.6 is 0 Å². The van der Waals surface area contributed by atoms with Crippen molar-refractivity contribution in [3.63, 3.8) is 0 Å². The van der Waals surface area contributed by atoms with Gasteiger partial charge in [-0.2, -0.15) is 0 Å². The molecule has 2 rings (SSSR count). The lowest BCUT2D eigenvalue weighted by molar-refractivity contribution is 0.0722. The van der Waals surface area contributed by atoms with Crippen LogP contribution in [0.5, 0.6) is 0 Å². The van der Waals surface area contributed by atoms with E-state index in [4.69, 9.17) is 19.7 Å². The predicted octanol–water partition coefficient (Wildman–Crippen LogP) is 3.37. The second-order valence-corrected chi connectivity index (χ2v) is 4.41. The van der Waals surface area contributed by atoms with Crippen molar-refractivity contribution in [2.75, 3.05) is 27.0 Å². The minimum absolute atomic E-state index is 0.509. The first-order valence-electron chi connectivity index (χ1n) is 6.48. The van der Waals surface area contributed by atoms with Gasteiger partial charge in [0.2, 0.25) is 0 Å². The quantitative estimate of drug-likeness (QED) is 0.458. The molecule has 0 aromatic heterocycles. The second kappa shape index (κ2) is 7.52. The highest BCUT2D eigenvalue weighted by atomic mass is 19.1. The number of nitrogens with zero attached hydrogens (tertiary/aromatic N) is 3. The van der Waals surface area contributed by atoms with Gasteiger partial charge >= 0.3 is 0 Å². The molecule has 0 saturated heterocycles. The number of alkyl halides is 1. The van der Waals surface area contributed by atoms with Gasteiger partial charge in [-0.15, -0.1) is 0 Å². The zero-order valence-electron chi connectivity index (χ0n) is 11.6. The van der Waals surface area contributed by atoms with E-state index in [-0.39, 0.29) is 0 Å². The van der Waals surface area contributed by atoms with Crippen molar-refractivity contribution in [2.45, 2.75) is 12.1 Å². The van der Waals surface area contributed by atoms with Crippen molar-refractivity contribution in [3.8, 4) is 0 Å². The Morgan fingerprint density at radius 1 is 1.38 bits per heavy atom. The van der Waals surface area contributed by atoms with E-state index in [1.807, 2.05) is 12.1 Å². The minimum atomic E-state index is -0.890. The molecule has 1 aromatic carbocycles. The lowest BCUT2D eigenvalue weighted by atomic mass is 10.0. The standard InChI is InChI=1S/C14H16FN3O3/c1-19-14(12(8-15)17-18-16)11-4-2-10(3-5-11)13-9-20-6-7-21-13/h2-5,9,12,14H,6-8H2,1H3/t12-,14-/m1/s1. The average molecular weight is 293 g/mol. The van der Waals surface area contributed by atoms with Crippen molar-refractivity contribution in [1.29, 1.82) is 0 Å². The van der Waals surface area contributed by atoms with Crippen LogP contribution in [-0.2, 0) is 14.2 Å². The van der Waals surface area contributed by atoms with Crippen LogP contribution in [0.2, 0.25) is 0 Å². The molecule has 1 aliphatic heterocycles. The Labute approximate surface area is 121 Å². The Hall–Kier alpha value is -2.24. The molecule has 0 saturated carbocycles. The summed E-state index contributed by atoms with van der Waals surface area (Å²) in [6.07, 6.45) is 0.939. The van der Waals surface area contributed by atoms with Gasteiger partial charge in [0.1, 0.15) is 26.2 Å². The monoisotopic (exact) mass is 293 g/mol. The van der Waals surface area contributed by atoms with Crippen molar-refractivity contribution in [1.82, 2.24) is 0 Å². The fourth-order valence-electron chi connectivity index (χ4n) is 2.11. The van der Waals surface area contributed by atoms with Crippen LogP contribution in [0, 0.1) is 0 Å². The molecule has 0 bridgehead atoms. The van der Waals surface area contributed by atoms with Crippen LogP contribution < -0.4 is 0 Å². The smallest absolute Gasteiger partial charge is 0.161 e. The molecule has 0 unspecified atom stereocenters. The number of rotatable bonds is 6. The van der Waals surface area contributed by atoms with E-state index >= 15 is 0 Å². The van der Waals surface area contributed by atoms with E-state index in [0.717, 1.165) is 11.1 Å². The molecular weight excluding hydrogens is 277 g/mol. The van der Waals surface area contributed by atoms with Crippen LogP contribution in [0.4, 0.5) is 4.39 Å². The van der Waals surface area contributed by atoms with E-state index in [2.05, 4.69) is 10.0 Å². The first-order valence-corrected chi connectivity index (χ1v) is 6.48. The maximum absolute atomic E-state index is 12.9. The first kappa shape index (κ1) is 15.2. The summed E-state index contributed by atoms with van der Waals surface area (Å²) in [6, 6.07) is 6.34. The third kappa shape index (κ3) is 3.65. The Morgan fingerprint density at radius 3 is 2.67 bits per heavy atom. The largest absolute Gasteiger partial charge is 0.494 e. The molecule has 2 atom stereocenters. The number of hydrogen-bond donors (Lipinski definition) is 0. The molecule has 0 N–H and O–H groups in total. The van der Waals surface area contributed by atoms with Gasteiger partial charge in [-0.1, -0.05) is 29.4 Å². The number of methoxy groups -OCH3 is 1. The van der Waals surface area contributed by atoms with Crippen molar-refractivity contribution in [2.24, 2.45) is 5.11 Å². The second-order valence-electron chi connectivity index (χ2n) is 4.41. The van der Waals surface area contributed by atoms with Crippen molar-refractivity contribution >= 4 is 5.76 Å². The van der Waals surface area contributed by atoms with Gasteiger partial charge in [-0.05, 0) is 11.1 Å². The van der Waals surface area contributed by atoms with Gasteiger partial charge in [0.05, 0.1) is 12.1 Å². The Kier molecular flexibility index (Phi) is 5.43. The van der Waals surface area contributed by atoms with Gasteiger partial charge in [-0.3, -0.25) is 4.39 Å². The van der Waals surface area contributed by atoms with Crippen LogP contribution in [0.25, 0.3) is 16.2 Å². The summed E-state index contributed by atoms with van der Waals surface area (Å²) in [7, 11) is 1.45. The van der Waals surface area contributed by atoms with E-state index in [0.29, 0.717) is 19.0 Å². The topological polar surface area (TPSA) is 76.5 Å². The molecule has 1 heterocycles. The van der Waals surface area contributed by atoms with Crippen LogP contribution in [0.1, 0.15) is 17.2 Å². The van der Waals surface area contributed by atoms with E-state index < -0.39 is 18.8 Å². The molecule has 0 amide bonds. The predicted molar refractivity (Wildman–Crippen MR) is 75.0 cm³/mol. The zero-order valence-corrected chi connectivity index (χ0v) is 11.6. The molecule has 0 radical (unpaired) electrons. The summed E-state index contributed by atoms with van der Waals surface area (Å²) in [4.78, 5) is 2.65. The van der Waals surface area contributed by atoms with Gasteiger partial charge in [-0.25, -0.2) is 0 Å². The molecule has 7 heteroatoms. The lowest BCUT2D eigenvalue weighted by Gasteiger charge is -2.21.